The van der Waals surface area contributed by atoms with Gasteiger partial charge in [0.1, 0.15) is 36.1 Å². The molecule has 4 aromatic rings. The molecular formula is C26H23NO4. The smallest absolute Gasteiger partial charge is 0.163 e. The molecule has 1 aromatic heterocycles. The molecule has 1 N–H and O–H groups in total. The van der Waals surface area contributed by atoms with E-state index in [0.29, 0.717) is 22.8 Å². The fraction of sp³-hybridized carbons (Fsp3) is 0.192. The molecule has 5 heteroatoms. The van der Waals surface area contributed by atoms with Crippen molar-refractivity contribution >= 4 is 10.8 Å². The van der Waals surface area contributed by atoms with Crippen LogP contribution in [0.2, 0.25) is 0 Å². The van der Waals surface area contributed by atoms with E-state index in [2.05, 4.69) is 35.3 Å². The zero-order valence-electron chi connectivity index (χ0n) is 17.1. The Morgan fingerprint density at radius 2 is 1.84 bits per heavy atom. The first-order chi connectivity index (χ1) is 15.2. The van der Waals surface area contributed by atoms with E-state index in [1.807, 2.05) is 37.3 Å². The van der Waals surface area contributed by atoms with Gasteiger partial charge in [0.05, 0.1) is 6.20 Å². The molecule has 0 radical (unpaired) electrons. The van der Waals surface area contributed by atoms with Gasteiger partial charge < -0.3 is 19.3 Å². The third-order valence-corrected chi connectivity index (χ3v) is 5.53. The van der Waals surface area contributed by atoms with E-state index in [9.17, 15) is 5.11 Å². The van der Waals surface area contributed by atoms with Crippen LogP contribution in [0, 0.1) is 0 Å². The van der Waals surface area contributed by atoms with Crippen LogP contribution in [-0.4, -0.2) is 22.8 Å². The van der Waals surface area contributed by atoms with E-state index in [4.69, 9.17) is 14.2 Å². The van der Waals surface area contributed by atoms with E-state index in [1.165, 1.54) is 10.8 Å². The summed E-state index contributed by atoms with van der Waals surface area (Å²) in [6.45, 7) is 2.28. The van der Waals surface area contributed by atoms with Crippen molar-refractivity contribution < 1.29 is 19.3 Å². The largest absolute Gasteiger partial charge is 0.489 e. The van der Waals surface area contributed by atoms with Crippen molar-refractivity contribution in [3.63, 3.8) is 0 Å². The lowest BCUT2D eigenvalue weighted by Crippen LogP contribution is -2.35. The zero-order chi connectivity index (χ0) is 21.2. The van der Waals surface area contributed by atoms with Gasteiger partial charge in [-0.05, 0) is 59.7 Å². The molecule has 2 heterocycles. The second kappa shape index (κ2) is 8.28. The Kier molecular flexibility index (Phi) is 5.18. The number of aliphatic hydroxyl groups excluding tert-OH is 1. The van der Waals surface area contributed by atoms with Crippen molar-refractivity contribution in [3.8, 4) is 17.2 Å². The fourth-order valence-corrected chi connectivity index (χ4v) is 3.85. The molecule has 0 aliphatic carbocycles. The zero-order valence-corrected chi connectivity index (χ0v) is 17.1. The monoisotopic (exact) mass is 413 g/mol. The molecule has 3 atom stereocenters. The maximum Gasteiger partial charge on any atom is 0.163 e. The van der Waals surface area contributed by atoms with Crippen LogP contribution in [0.3, 0.4) is 0 Å². The molecule has 0 spiro atoms. The summed E-state index contributed by atoms with van der Waals surface area (Å²) in [6.07, 6.45) is 1.80. The van der Waals surface area contributed by atoms with E-state index in [1.54, 1.807) is 24.5 Å². The summed E-state index contributed by atoms with van der Waals surface area (Å²) in [5, 5.41) is 13.3. The van der Waals surface area contributed by atoms with Gasteiger partial charge in [0.15, 0.2) is 6.10 Å². The first-order valence-electron chi connectivity index (χ1n) is 10.3. The topological polar surface area (TPSA) is 60.8 Å². The van der Waals surface area contributed by atoms with Crippen molar-refractivity contribution in [1.29, 1.82) is 0 Å². The van der Waals surface area contributed by atoms with Crippen molar-refractivity contribution in [2.24, 2.45) is 0 Å². The van der Waals surface area contributed by atoms with E-state index in [0.717, 1.165) is 5.56 Å². The minimum atomic E-state index is -0.830. The van der Waals surface area contributed by atoms with Gasteiger partial charge in [-0.15, -0.1) is 0 Å². The van der Waals surface area contributed by atoms with Crippen molar-refractivity contribution in [3.05, 3.63) is 96.3 Å². The molecule has 5 nitrogen and oxygen atoms in total. The second-order valence-corrected chi connectivity index (χ2v) is 7.67. The number of ether oxygens (including phenoxy) is 3. The predicted octanol–water partition coefficient (Wildman–Crippen LogP) is 5.25. The van der Waals surface area contributed by atoms with Crippen LogP contribution in [0.5, 0.6) is 17.2 Å². The van der Waals surface area contributed by atoms with Crippen LogP contribution in [-0.2, 0) is 0 Å². The average molecular weight is 413 g/mol. The fourth-order valence-electron chi connectivity index (χ4n) is 3.85. The Labute approximate surface area is 180 Å². The van der Waals surface area contributed by atoms with Gasteiger partial charge in [-0.2, -0.15) is 0 Å². The number of aromatic nitrogens is 1. The summed E-state index contributed by atoms with van der Waals surface area (Å²) < 4.78 is 17.9. The number of rotatable bonds is 5. The van der Waals surface area contributed by atoms with Crippen LogP contribution in [0.1, 0.15) is 30.3 Å². The van der Waals surface area contributed by atoms with Gasteiger partial charge in [0, 0.05) is 11.8 Å². The van der Waals surface area contributed by atoms with Gasteiger partial charge in [-0.25, -0.2) is 0 Å². The van der Waals surface area contributed by atoms with Crippen molar-refractivity contribution in [2.45, 2.75) is 25.2 Å². The first kappa shape index (κ1) is 19.4. The molecule has 31 heavy (non-hydrogen) atoms. The summed E-state index contributed by atoms with van der Waals surface area (Å²) in [7, 11) is 0. The standard InChI is InChI=1S/C26H23NO4/c1-17(19-9-8-18-5-2-3-6-20(18)13-19)30-21-10-11-24-23(14-21)26(28)25(16-29-24)31-22-7-4-12-27-15-22/h2-15,17,25-26,28H,16H2,1H3/t17?,25-,26+/m0/s1. The van der Waals surface area contributed by atoms with Crippen LogP contribution in [0.4, 0.5) is 0 Å². The lowest BCUT2D eigenvalue weighted by Gasteiger charge is -2.31. The Bertz CT molecular complexity index is 1190. The molecule has 1 unspecified atom stereocenters. The minimum absolute atomic E-state index is 0.147. The number of aliphatic hydroxyl groups is 1. The van der Waals surface area contributed by atoms with Crippen LogP contribution >= 0.6 is 0 Å². The molecule has 0 amide bonds. The van der Waals surface area contributed by atoms with E-state index in [-0.39, 0.29) is 12.7 Å². The maximum atomic E-state index is 10.9. The molecule has 156 valence electrons. The number of hydrogen-bond donors (Lipinski definition) is 1. The Balaban J connectivity index is 1.34. The molecule has 0 saturated heterocycles. The third-order valence-electron chi connectivity index (χ3n) is 5.53. The number of fused-ring (bicyclic) bond motifs is 2. The SMILES string of the molecule is CC(Oc1ccc2c(c1)[C@@H](O)[C@@H](Oc1cccnc1)CO2)c1ccc2ccccc2c1. The highest BCUT2D eigenvalue weighted by Gasteiger charge is 2.31. The Hall–Kier alpha value is -3.57. The normalized spacial score (nSPS) is 18.6. The molecule has 1 aliphatic heterocycles. The summed E-state index contributed by atoms with van der Waals surface area (Å²) in [6, 6.07) is 23.7. The lowest BCUT2D eigenvalue weighted by molar-refractivity contribution is -0.0106. The van der Waals surface area contributed by atoms with Gasteiger partial charge in [-0.1, -0.05) is 36.4 Å². The van der Waals surface area contributed by atoms with Crippen LogP contribution < -0.4 is 14.2 Å². The first-order valence-corrected chi connectivity index (χ1v) is 10.3. The Morgan fingerprint density at radius 3 is 2.68 bits per heavy atom. The Morgan fingerprint density at radius 1 is 0.968 bits per heavy atom. The van der Waals surface area contributed by atoms with Crippen LogP contribution in [0.25, 0.3) is 10.8 Å². The summed E-state index contributed by atoms with van der Waals surface area (Å²) >= 11 is 0. The molecule has 5 rings (SSSR count). The number of hydrogen-bond acceptors (Lipinski definition) is 5. The van der Waals surface area contributed by atoms with E-state index >= 15 is 0 Å². The highest BCUT2D eigenvalue weighted by atomic mass is 16.5. The number of nitrogens with zero attached hydrogens (tertiary/aromatic N) is 1. The second-order valence-electron chi connectivity index (χ2n) is 7.67. The third kappa shape index (κ3) is 4.05. The lowest BCUT2D eigenvalue weighted by atomic mass is 10.0. The van der Waals surface area contributed by atoms with E-state index < -0.39 is 12.2 Å². The van der Waals surface area contributed by atoms with Gasteiger partial charge in [0.2, 0.25) is 0 Å². The average Bonchev–Trinajstić information content (AvgIpc) is 2.81. The summed E-state index contributed by atoms with van der Waals surface area (Å²) in [5.41, 5.74) is 1.74. The predicted molar refractivity (Wildman–Crippen MR) is 119 cm³/mol. The molecule has 0 bridgehead atoms. The van der Waals surface area contributed by atoms with Crippen molar-refractivity contribution in [1.82, 2.24) is 4.98 Å². The molecular weight excluding hydrogens is 390 g/mol. The highest BCUT2D eigenvalue weighted by molar-refractivity contribution is 5.83. The number of pyridine rings is 1. The quantitative estimate of drug-likeness (QED) is 0.484. The van der Waals surface area contributed by atoms with Crippen molar-refractivity contribution in [2.75, 3.05) is 6.61 Å². The van der Waals surface area contributed by atoms with Gasteiger partial charge in [0.25, 0.3) is 0 Å². The molecule has 0 saturated carbocycles. The maximum absolute atomic E-state index is 10.9. The molecule has 1 aliphatic rings. The highest BCUT2D eigenvalue weighted by Crippen LogP contribution is 2.37. The molecule has 0 fully saturated rings. The van der Waals surface area contributed by atoms with Gasteiger partial charge in [-0.3, -0.25) is 4.98 Å². The molecule has 3 aromatic carbocycles. The van der Waals surface area contributed by atoms with Gasteiger partial charge >= 0.3 is 0 Å². The van der Waals surface area contributed by atoms with Crippen LogP contribution in [0.15, 0.2) is 85.2 Å². The minimum Gasteiger partial charge on any atom is -0.489 e. The summed E-state index contributed by atoms with van der Waals surface area (Å²) in [4.78, 5) is 4.05. The number of benzene rings is 3. The summed E-state index contributed by atoms with van der Waals surface area (Å²) in [5.74, 6) is 1.91.